The lowest BCUT2D eigenvalue weighted by atomic mass is 9.85. The Morgan fingerprint density at radius 1 is 0.432 bits per heavy atom. The Bertz CT molecular complexity index is 1090. The summed E-state index contributed by atoms with van der Waals surface area (Å²) in [7, 11) is -7.12. The van der Waals surface area contributed by atoms with E-state index >= 15 is 0 Å². The van der Waals surface area contributed by atoms with E-state index in [0.29, 0.717) is 6.92 Å². The van der Waals surface area contributed by atoms with E-state index in [4.69, 9.17) is 0 Å². The predicted molar refractivity (Wildman–Crippen MR) is 80.8 cm³/mol. The number of phosphoric ester groups is 1. The summed E-state index contributed by atoms with van der Waals surface area (Å²) in [4.78, 5) is 10.8. The van der Waals surface area contributed by atoms with Crippen LogP contribution in [-0.4, -0.2) is 78.1 Å². The van der Waals surface area contributed by atoms with E-state index in [0.717, 1.165) is 0 Å². The second kappa shape index (κ2) is 10.7. The minimum Gasteiger partial charge on any atom is -0.756 e. The third kappa shape index (κ3) is 5.42. The third-order valence-corrected chi connectivity index (χ3v) is 5.81. The maximum absolute atomic E-state index is 13.7. The van der Waals surface area contributed by atoms with Crippen molar-refractivity contribution < 1.29 is 128 Å². The summed E-state index contributed by atoms with van der Waals surface area (Å²) in [5.74, 6) is -93.5. The van der Waals surface area contributed by atoms with Crippen LogP contribution in [0.2, 0.25) is 0 Å². The Labute approximate surface area is 222 Å². The van der Waals surface area contributed by atoms with E-state index in [1.54, 1.807) is 0 Å². The second-order valence-corrected chi connectivity index (χ2v) is 9.05. The normalized spacial score (nSPS) is 18.0. The maximum atomic E-state index is 13.7. The molecule has 0 aromatic heterocycles. The molecule has 0 rings (SSSR count). The van der Waals surface area contributed by atoms with Crippen LogP contribution in [0.5, 0.6) is 0 Å². The Hall–Kier alpha value is -1.64. The summed E-state index contributed by atoms with van der Waals surface area (Å²) in [5, 5.41) is 0. The summed E-state index contributed by atoms with van der Waals surface area (Å²) in [6.07, 6.45) is -16.1. The van der Waals surface area contributed by atoms with Crippen LogP contribution < -0.4 is 4.89 Å². The van der Waals surface area contributed by atoms with Crippen molar-refractivity contribution in [2.45, 2.75) is 78.4 Å². The molecule has 0 heterocycles. The predicted octanol–water partition coefficient (Wildman–Crippen LogP) is 8.02. The number of hydrogen-bond donors (Lipinski definition) is 0. The quantitative estimate of drug-likeness (QED) is 0.134. The molecule has 266 valence electrons. The summed E-state index contributed by atoms with van der Waals surface area (Å²) in [6.45, 7) is -1.00. The summed E-state index contributed by atoms with van der Waals surface area (Å²) in [6, 6.07) is 0. The van der Waals surface area contributed by atoms with E-state index in [2.05, 4.69) is 4.52 Å². The van der Waals surface area contributed by atoms with Crippen molar-refractivity contribution in [3.05, 3.63) is 0 Å². The number of rotatable bonds is 14. The molecule has 0 aliphatic rings. The molecule has 0 saturated heterocycles. The molecule has 0 spiro atoms. The Balaban J connectivity index is 7.32. The first-order valence-electron chi connectivity index (χ1n) is 9.40. The minimum atomic E-state index is -9.73. The van der Waals surface area contributed by atoms with Crippen LogP contribution in [0.3, 0.4) is 0 Å². The van der Waals surface area contributed by atoms with Gasteiger partial charge in [0.1, 0.15) is 0 Å². The van der Waals surface area contributed by atoms with Crippen LogP contribution in [0.1, 0.15) is 6.92 Å². The zero-order valence-electron chi connectivity index (χ0n) is 19.2. The summed E-state index contributed by atoms with van der Waals surface area (Å²) < 4.78 is 347. The van der Waals surface area contributed by atoms with Crippen LogP contribution in [0, 0.1) is 0 Å². The van der Waals surface area contributed by atoms with Gasteiger partial charge in [-0.2, -0.15) is 110 Å². The number of hydrogen-bond acceptors (Lipinski definition) is 4. The van der Waals surface area contributed by atoms with Gasteiger partial charge in [0.2, 0.25) is 0 Å². The van der Waals surface area contributed by atoms with Gasteiger partial charge in [-0.25, -0.2) is 4.52 Å². The highest BCUT2D eigenvalue weighted by molar-refractivity contribution is 7.45. The van der Waals surface area contributed by atoms with Crippen molar-refractivity contribution in [2.24, 2.45) is 0 Å². The molecular formula is C14H5F25O4P-. The van der Waals surface area contributed by atoms with Gasteiger partial charge in [-0.15, -0.1) is 0 Å². The van der Waals surface area contributed by atoms with Crippen molar-refractivity contribution in [1.29, 1.82) is 0 Å². The van der Waals surface area contributed by atoms with Crippen LogP contribution in [0.4, 0.5) is 110 Å². The van der Waals surface area contributed by atoms with Crippen LogP contribution in [-0.2, 0) is 13.6 Å². The third-order valence-electron chi connectivity index (χ3n) is 4.78. The number of halogens is 25. The fourth-order valence-electron chi connectivity index (χ4n) is 2.32. The van der Waals surface area contributed by atoms with Gasteiger partial charge in [0.05, 0.1) is 6.61 Å². The molecule has 0 bridgehead atoms. The molecule has 4 nitrogen and oxygen atoms in total. The van der Waals surface area contributed by atoms with Crippen LogP contribution >= 0.6 is 7.82 Å². The van der Waals surface area contributed by atoms with Gasteiger partial charge in [-0.1, -0.05) is 0 Å². The fourth-order valence-corrected chi connectivity index (χ4v) is 3.08. The topological polar surface area (TPSA) is 58.6 Å². The molecular weight excluding hydrogens is 738 g/mol. The summed E-state index contributed by atoms with van der Waals surface area (Å²) >= 11 is 0. The van der Waals surface area contributed by atoms with Gasteiger partial charge in [0, 0.05) is 0 Å². The molecule has 30 heteroatoms. The van der Waals surface area contributed by atoms with Gasteiger partial charge >= 0.3 is 71.5 Å². The average Bonchev–Trinajstić information content (AvgIpc) is 2.75. The molecule has 0 amide bonds. The molecule has 0 aliphatic carbocycles. The van der Waals surface area contributed by atoms with Gasteiger partial charge in [-0.05, 0) is 6.92 Å². The van der Waals surface area contributed by atoms with Crippen molar-refractivity contribution in [3.8, 4) is 0 Å². The van der Waals surface area contributed by atoms with E-state index in [-0.39, 0.29) is 0 Å². The lowest BCUT2D eigenvalue weighted by Gasteiger charge is -2.45. The van der Waals surface area contributed by atoms with Gasteiger partial charge in [0.25, 0.3) is 7.82 Å². The van der Waals surface area contributed by atoms with Gasteiger partial charge < -0.3 is 9.42 Å². The molecule has 0 radical (unpaired) electrons. The first-order chi connectivity index (χ1) is 18.5. The fraction of sp³-hybridized carbons (Fsp3) is 1.00. The second-order valence-electron chi connectivity index (χ2n) is 7.71. The van der Waals surface area contributed by atoms with E-state index in [9.17, 15) is 119 Å². The van der Waals surface area contributed by atoms with E-state index in [1.807, 2.05) is 4.52 Å². The zero-order valence-corrected chi connectivity index (χ0v) is 20.1. The average molecular weight is 743 g/mol. The molecule has 0 saturated carbocycles. The lowest BCUT2D eigenvalue weighted by molar-refractivity contribution is -0.487. The highest BCUT2D eigenvalue weighted by Gasteiger charge is 2.99. The van der Waals surface area contributed by atoms with Crippen molar-refractivity contribution in [3.63, 3.8) is 0 Å². The molecule has 0 fully saturated rings. The standard InChI is InChI=1S/C14H6F25O4P/c1-2-42-44(40,41)43-14(38,39)12(33,34)10(29,30)8(25,26)6(21,22)4(17,18)3(15,16)5(19,20)7(23,24)9(27,28)11(31,32)13(35,36)37/h2H2,1H3,(H,40,41)/p-1. The zero-order chi connectivity index (χ0) is 36.6. The van der Waals surface area contributed by atoms with E-state index < -0.39 is 85.9 Å². The highest BCUT2D eigenvalue weighted by atomic mass is 31.2. The van der Waals surface area contributed by atoms with Gasteiger partial charge in [0.15, 0.2) is 0 Å². The Kier molecular flexibility index (Phi) is 10.3. The smallest absolute Gasteiger partial charge is 0.460 e. The van der Waals surface area contributed by atoms with Crippen LogP contribution in [0.25, 0.3) is 0 Å². The summed E-state index contributed by atoms with van der Waals surface area (Å²) in [5.41, 5.74) is 0. The molecule has 0 N–H and O–H groups in total. The first kappa shape index (κ1) is 42.4. The largest absolute Gasteiger partial charge is 0.756 e. The van der Waals surface area contributed by atoms with Crippen molar-refractivity contribution in [2.75, 3.05) is 6.61 Å². The van der Waals surface area contributed by atoms with Crippen molar-refractivity contribution in [1.82, 2.24) is 0 Å². The number of phosphoric acid groups is 1. The van der Waals surface area contributed by atoms with E-state index in [1.165, 1.54) is 0 Å². The number of alkyl halides is 25. The monoisotopic (exact) mass is 743 g/mol. The van der Waals surface area contributed by atoms with Crippen molar-refractivity contribution >= 4 is 7.82 Å². The van der Waals surface area contributed by atoms with Gasteiger partial charge in [-0.3, -0.25) is 4.57 Å². The Morgan fingerprint density at radius 3 is 0.841 bits per heavy atom. The molecule has 0 aromatic rings. The minimum absolute atomic E-state index is 0.454. The maximum Gasteiger partial charge on any atom is 0.460 e. The SMILES string of the molecule is CCOP(=O)([O-])OC(F)(F)C(F)(F)C(F)(F)C(F)(F)C(F)(F)C(F)(F)C(F)(F)C(F)(F)C(F)(F)C(F)(F)C(F)(F)C(F)(F)F. The van der Waals surface area contributed by atoms with Crippen LogP contribution in [0.15, 0.2) is 0 Å². The molecule has 0 aliphatic heterocycles. The Morgan fingerprint density at radius 2 is 0.636 bits per heavy atom. The molecule has 0 aromatic carbocycles. The lowest BCUT2D eigenvalue weighted by Crippen LogP contribution is -2.78. The first-order valence-corrected chi connectivity index (χ1v) is 10.9. The molecule has 44 heavy (non-hydrogen) atoms. The molecule has 1 unspecified atom stereocenters. The highest BCUT2D eigenvalue weighted by Crippen LogP contribution is 2.68. The molecule has 1 atom stereocenters.